The van der Waals surface area contributed by atoms with Crippen LogP contribution in [0.1, 0.15) is 27.2 Å². The number of benzene rings is 1. The lowest BCUT2D eigenvalue weighted by atomic mass is 9.94. The Kier molecular flexibility index (Phi) is 4.25. The van der Waals surface area contributed by atoms with E-state index in [0.29, 0.717) is 21.5 Å². The molecular weight excluding hydrogens is 302 g/mol. The topological polar surface area (TPSA) is 60.2 Å². The molecule has 17 heavy (non-hydrogen) atoms. The summed E-state index contributed by atoms with van der Waals surface area (Å²) in [4.78, 5) is 0.316. The SMILES string of the molecule is CC(C)(C)CCS(=O)(=O)c1ccc(N)cc1Br. The standard InChI is InChI=1S/C12H18BrNO2S/c1-12(2,3)6-7-17(15,16)11-5-4-9(14)8-10(11)13/h4-5,8H,6-7,14H2,1-3H3. The molecule has 0 aliphatic rings. The van der Waals surface area contributed by atoms with E-state index in [4.69, 9.17) is 5.73 Å². The zero-order valence-electron chi connectivity index (χ0n) is 10.3. The van der Waals surface area contributed by atoms with Crippen LogP contribution in [0.3, 0.4) is 0 Å². The van der Waals surface area contributed by atoms with Crippen molar-refractivity contribution < 1.29 is 8.42 Å². The van der Waals surface area contributed by atoms with Gasteiger partial charge in [-0.1, -0.05) is 20.8 Å². The average molecular weight is 320 g/mol. The van der Waals surface area contributed by atoms with Gasteiger partial charge >= 0.3 is 0 Å². The van der Waals surface area contributed by atoms with Gasteiger partial charge in [-0.2, -0.15) is 0 Å². The first-order valence-corrected chi connectivity index (χ1v) is 7.84. The summed E-state index contributed by atoms with van der Waals surface area (Å²) < 4.78 is 24.8. The summed E-state index contributed by atoms with van der Waals surface area (Å²) in [7, 11) is -3.24. The minimum Gasteiger partial charge on any atom is -0.399 e. The molecule has 0 aromatic heterocycles. The van der Waals surface area contributed by atoms with Gasteiger partial charge in [0.15, 0.2) is 9.84 Å². The summed E-state index contributed by atoms with van der Waals surface area (Å²) in [5.41, 5.74) is 6.14. The first-order valence-electron chi connectivity index (χ1n) is 5.40. The molecule has 96 valence electrons. The van der Waals surface area contributed by atoms with Gasteiger partial charge in [-0.25, -0.2) is 8.42 Å². The smallest absolute Gasteiger partial charge is 0.179 e. The number of anilines is 1. The van der Waals surface area contributed by atoms with Gasteiger partial charge in [-0.3, -0.25) is 0 Å². The van der Waals surface area contributed by atoms with E-state index < -0.39 is 9.84 Å². The first-order chi connectivity index (χ1) is 7.62. The summed E-state index contributed by atoms with van der Waals surface area (Å²) in [6.07, 6.45) is 0.631. The first kappa shape index (κ1) is 14.5. The van der Waals surface area contributed by atoms with Crippen molar-refractivity contribution >= 4 is 31.5 Å². The maximum absolute atomic E-state index is 12.1. The maximum Gasteiger partial charge on any atom is 0.179 e. The fourth-order valence-electron chi connectivity index (χ4n) is 1.32. The molecule has 0 fully saturated rings. The van der Waals surface area contributed by atoms with Crippen LogP contribution in [-0.2, 0) is 9.84 Å². The van der Waals surface area contributed by atoms with Crippen molar-refractivity contribution in [3.8, 4) is 0 Å². The molecule has 0 radical (unpaired) electrons. The fraction of sp³-hybridized carbons (Fsp3) is 0.500. The summed E-state index contributed by atoms with van der Waals surface area (Å²) >= 11 is 3.24. The Morgan fingerprint density at radius 1 is 1.29 bits per heavy atom. The number of halogens is 1. The second-order valence-corrected chi connectivity index (χ2v) is 8.25. The molecule has 0 heterocycles. The highest BCUT2D eigenvalue weighted by Crippen LogP contribution is 2.28. The van der Waals surface area contributed by atoms with Crippen LogP contribution >= 0.6 is 15.9 Å². The highest BCUT2D eigenvalue weighted by Gasteiger charge is 2.21. The fourth-order valence-corrected chi connectivity index (χ4v) is 4.19. The summed E-state index contributed by atoms with van der Waals surface area (Å²) in [5, 5.41) is 0. The van der Waals surface area contributed by atoms with E-state index in [1.165, 1.54) is 0 Å². The van der Waals surface area contributed by atoms with E-state index in [2.05, 4.69) is 15.9 Å². The van der Waals surface area contributed by atoms with Crippen molar-refractivity contribution in [3.63, 3.8) is 0 Å². The lowest BCUT2D eigenvalue weighted by Crippen LogP contribution is -2.15. The molecule has 1 aromatic carbocycles. The molecule has 1 aromatic rings. The highest BCUT2D eigenvalue weighted by atomic mass is 79.9. The minimum absolute atomic E-state index is 0.00730. The Balaban J connectivity index is 2.98. The van der Waals surface area contributed by atoms with Crippen LogP contribution < -0.4 is 5.73 Å². The molecule has 0 saturated heterocycles. The summed E-state index contributed by atoms with van der Waals surface area (Å²) in [6.45, 7) is 6.08. The zero-order valence-corrected chi connectivity index (χ0v) is 12.7. The van der Waals surface area contributed by atoms with Gasteiger partial charge in [-0.05, 0) is 46.0 Å². The molecule has 0 amide bonds. The molecule has 0 bridgehead atoms. The van der Waals surface area contributed by atoms with E-state index in [-0.39, 0.29) is 11.2 Å². The summed E-state index contributed by atoms with van der Waals surface area (Å²) in [5.74, 6) is 0.152. The third-order valence-electron chi connectivity index (χ3n) is 2.41. The van der Waals surface area contributed by atoms with Crippen LogP contribution in [0.25, 0.3) is 0 Å². The average Bonchev–Trinajstić information content (AvgIpc) is 2.13. The molecule has 5 heteroatoms. The van der Waals surface area contributed by atoms with Gasteiger partial charge in [-0.15, -0.1) is 0 Å². The van der Waals surface area contributed by atoms with Crippen molar-refractivity contribution in [1.29, 1.82) is 0 Å². The summed E-state index contributed by atoms with van der Waals surface area (Å²) in [6, 6.07) is 4.77. The van der Waals surface area contributed by atoms with E-state index in [0.717, 1.165) is 0 Å². The predicted molar refractivity (Wildman–Crippen MR) is 74.7 cm³/mol. The number of sulfone groups is 1. The largest absolute Gasteiger partial charge is 0.399 e. The van der Waals surface area contributed by atoms with Gasteiger partial charge in [0.05, 0.1) is 10.6 Å². The van der Waals surface area contributed by atoms with E-state index in [1.807, 2.05) is 20.8 Å². The van der Waals surface area contributed by atoms with Crippen LogP contribution in [0.4, 0.5) is 5.69 Å². The third kappa shape index (κ3) is 4.32. The Hall–Kier alpha value is -0.550. The van der Waals surface area contributed by atoms with Crippen LogP contribution in [0, 0.1) is 5.41 Å². The number of rotatable bonds is 3. The lowest BCUT2D eigenvalue weighted by Gasteiger charge is -2.18. The Labute approximate surface area is 111 Å². The highest BCUT2D eigenvalue weighted by molar-refractivity contribution is 9.10. The Morgan fingerprint density at radius 3 is 2.35 bits per heavy atom. The van der Waals surface area contributed by atoms with Gasteiger partial charge in [0.25, 0.3) is 0 Å². The van der Waals surface area contributed by atoms with Gasteiger partial charge in [0.1, 0.15) is 0 Å². The van der Waals surface area contributed by atoms with E-state index in [1.54, 1.807) is 18.2 Å². The number of nitrogens with two attached hydrogens (primary N) is 1. The van der Waals surface area contributed by atoms with Crippen molar-refractivity contribution in [3.05, 3.63) is 22.7 Å². The molecular formula is C12H18BrNO2S. The second kappa shape index (κ2) is 4.98. The maximum atomic E-state index is 12.1. The number of hydrogen-bond acceptors (Lipinski definition) is 3. The Morgan fingerprint density at radius 2 is 1.88 bits per heavy atom. The molecule has 0 spiro atoms. The van der Waals surface area contributed by atoms with Gasteiger partial charge in [0.2, 0.25) is 0 Å². The second-order valence-electron chi connectivity index (χ2n) is 5.32. The van der Waals surface area contributed by atoms with Crippen molar-refractivity contribution in [1.82, 2.24) is 0 Å². The third-order valence-corrected chi connectivity index (χ3v) is 5.10. The lowest BCUT2D eigenvalue weighted by molar-refractivity contribution is 0.397. The van der Waals surface area contributed by atoms with Crippen molar-refractivity contribution in [2.24, 2.45) is 5.41 Å². The predicted octanol–water partition coefficient (Wildman–Crippen LogP) is 3.24. The molecule has 0 saturated carbocycles. The molecule has 2 N–H and O–H groups in total. The molecule has 1 rings (SSSR count). The van der Waals surface area contributed by atoms with Crippen LogP contribution in [0.15, 0.2) is 27.6 Å². The van der Waals surface area contributed by atoms with Crippen LogP contribution in [0.5, 0.6) is 0 Å². The minimum atomic E-state index is -3.24. The van der Waals surface area contributed by atoms with Gasteiger partial charge in [0, 0.05) is 10.2 Å². The zero-order chi connectivity index (χ0) is 13.3. The van der Waals surface area contributed by atoms with E-state index >= 15 is 0 Å². The van der Waals surface area contributed by atoms with Crippen LogP contribution in [0.2, 0.25) is 0 Å². The monoisotopic (exact) mass is 319 g/mol. The molecule has 0 atom stereocenters. The molecule has 0 unspecified atom stereocenters. The molecule has 0 aliphatic heterocycles. The van der Waals surface area contributed by atoms with E-state index in [9.17, 15) is 8.42 Å². The molecule has 0 aliphatic carbocycles. The normalized spacial score (nSPS) is 12.7. The number of nitrogen functional groups attached to an aromatic ring is 1. The number of hydrogen-bond donors (Lipinski definition) is 1. The quantitative estimate of drug-likeness (QED) is 0.870. The van der Waals surface area contributed by atoms with Crippen molar-refractivity contribution in [2.75, 3.05) is 11.5 Å². The molecule has 3 nitrogen and oxygen atoms in total. The van der Waals surface area contributed by atoms with Crippen molar-refractivity contribution in [2.45, 2.75) is 32.1 Å². The van der Waals surface area contributed by atoms with Crippen LogP contribution in [-0.4, -0.2) is 14.2 Å². The Bertz CT molecular complexity index is 504. The van der Waals surface area contributed by atoms with Gasteiger partial charge < -0.3 is 5.73 Å².